The lowest BCUT2D eigenvalue weighted by Crippen LogP contribution is -2.01. The Balaban J connectivity index is 2.73. The summed E-state index contributed by atoms with van der Waals surface area (Å²) in [4.78, 5) is 0. The van der Waals surface area contributed by atoms with Crippen molar-refractivity contribution >= 4 is 10.9 Å². The van der Waals surface area contributed by atoms with E-state index in [4.69, 9.17) is 0 Å². The van der Waals surface area contributed by atoms with Crippen molar-refractivity contribution in [2.45, 2.75) is 27.0 Å². The van der Waals surface area contributed by atoms with Crippen molar-refractivity contribution in [2.24, 2.45) is 0 Å². The lowest BCUT2D eigenvalue weighted by molar-refractivity contribution is 0.270. The van der Waals surface area contributed by atoms with Gasteiger partial charge < -0.3 is 5.11 Å². The van der Waals surface area contributed by atoms with E-state index < -0.39 is 0 Å². The Kier molecular flexibility index (Phi) is 2.25. The highest BCUT2D eigenvalue weighted by Crippen LogP contribution is 2.19. The molecule has 0 saturated heterocycles. The fourth-order valence-corrected chi connectivity index (χ4v) is 1.73. The van der Waals surface area contributed by atoms with E-state index in [2.05, 4.69) is 5.10 Å². The predicted octanol–water partition coefficient (Wildman–Crippen LogP) is 1.86. The lowest BCUT2D eigenvalue weighted by atomic mass is 10.1. The third-order valence-corrected chi connectivity index (χ3v) is 2.45. The van der Waals surface area contributed by atoms with Crippen LogP contribution in [0.15, 0.2) is 18.2 Å². The third-order valence-electron chi connectivity index (χ3n) is 2.45. The Morgan fingerprint density at radius 1 is 1.43 bits per heavy atom. The van der Waals surface area contributed by atoms with Crippen LogP contribution >= 0.6 is 0 Å². The summed E-state index contributed by atoms with van der Waals surface area (Å²) in [5.41, 5.74) is 3.07. The van der Waals surface area contributed by atoms with Gasteiger partial charge in [0, 0.05) is 11.9 Å². The van der Waals surface area contributed by atoms with Gasteiger partial charge in [0.1, 0.15) is 0 Å². The summed E-state index contributed by atoms with van der Waals surface area (Å²) in [5, 5.41) is 14.7. The summed E-state index contributed by atoms with van der Waals surface area (Å²) >= 11 is 0. The van der Waals surface area contributed by atoms with Gasteiger partial charge in [-0.05, 0) is 25.5 Å². The molecule has 1 aromatic carbocycles. The summed E-state index contributed by atoms with van der Waals surface area (Å²) in [6.07, 6.45) is 0. The highest BCUT2D eigenvalue weighted by molar-refractivity contribution is 5.82. The van der Waals surface area contributed by atoms with Crippen molar-refractivity contribution in [1.29, 1.82) is 0 Å². The fraction of sp³-hybridized carbons (Fsp3) is 0.364. The zero-order valence-corrected chi connectivity index (χ0v) is 8.49. The average molecular weight is 190 g/mol. The number of nitrogens with zero attached hydrogens (tertiary/aromatic N) is 2. The van der Waals surface area contributed by atoms with Gasteiger partial charge in [-0.3, -0.25) is 4.68 Å². The quantitative estimate of drug-likeness (QED) is 0.784. The zero-order valence-electron chi connectivity index (χ0n) is 8.49. The first kappa shape index (κ1) is 9.21. The molecule has 1 heterocycles. The number of aryl methyl sites for hydroxylation is 2. The van der Waals surface area contributed by atoms with Gasteiger partial charge in [0.25, 0.3) is 0 Å². The fourth-order valence-electron chi connectivity index (χ4n) is 1.73. The standard InChI is InChI=1S/C11H14N2O/c1-3-13-11(7-14)9-5-4-8(2)6-10(9)12-13/h4-6,14H,3,7H2,1-2H3. The molecule has 0 saturated carbocycles. The Bertz CT molecular complexity index is 460. The largest absolute Gasteiger partial charge is 0.390 e. The maximum atomic E-state index is 9.24. The number of aromatic nitrogens is 2. The molecule has 2 aromatic rings. The third kappa shape index (κ3) is 1.30. The molecule has 1 aromatic heterocycles. The smallest absolute Gasteiger partial charge is 0.0929 e. The van der Waals surface area contributed by atoms with Gasteiger partial charge in [0.15, 0.2) is 0 Å². The van der Waals surface area contributed by atoms with E-state index in [9.17, 15) is 5.11 Å². The number of benzene rings is 1. The van der Waals surface area contributed by atoms with Crippen LogP contribution in [0.5, 0.6) is 0 Å². The molecule has 3 heteroatoms. The number of hydrogen-bond donors (Lipinski definition) is 1. The first-order valence-corrected chi connectivity index (χ1v) is 4.83. The molecule has 0 spiro atoms. The van der Waals surface area contributed by atoms with E-state index in [0.717, 1.165) is 23.1 Å². The molecule has 1 N–H and O–H groups in total. The molecule has 0 aliphatic carbocycles. The summed E-state index contributed by atoms with van der Waals surface area (Å²) in [6, 6.07) is 6.11. The second kappa shape index (κ2) is 3.42. The Morgan fingerprint density at radius 3 is 2.86 bits per heavy atom. The van der Waals surface area contributed by atoms with Crippen LogP contribution in [0.1, 0.15) is 18.2 Å². The molecule has 0 aliphatic heterocycles. The van der Waals surface area contributed by atoms with Crippen LogP contribution in [0.2, 0.25) is 0 Å². The van der Waals surface area contributed by atoms with Gasteiger partial charge in [0.05, 0.1) is 17.8 Å². The lowest BCUT2D eigenvalue weighted by Gasteiger charge is -1.99. The van der Waals surface area contributed by atoms with Gasteiger partial charge in [-0.15, -0.1) is 0 Å². The molecule has 3 nitrogen and oxygen atoms in total. The van der Waals surface area contributed by atoms with Crippen LogP contribution in [0.25, 0.3) is 10.9 Å². The summed E-state index contributed by atoms with van der Waals surface area (Å²) in [7, 11) is 0. The molecule has 2 rings (SSSR count). The Morgan fingerprint density at radius 2 is 2.21 bits per heavy atom. The normalized spacial score (nSPS) is 11.1. The van der Waals surface area contributed by atoms with Crippen molar-refractivity contribution in [1.82, 2.24) is 9.78 Å². The summed E-state index contributed by atoms with van der Waals surface area (Å²) in [6.45, 7) is 4.91. The zero-order chi connectivity index (χ0) is 10.1. The topological polar surface area (TPSA) is 38.0 Å². The Hall–Kier alpha value is -1.35. The summed E-state index contributed by atoms with van der Waals surface area (Å²) < 4.78 is 1.85. The molecule has 0 fully saturated rings. The molecule has 0 amide bonds. The minimum atomic E-state index is 0.0490. The van der Waals surface area contributed by atoms with Gasteiger partial charge in [-0.2, -0.15) is 5.10 Å². The maximum absolute atomic E-state index is 9.24. The highest BCUT2D eigenvalue weighted by Gasteiger charge is 2.08. The van der Waals surface area contributed by atoms with E-state index in [-0.39, 0.29) is 6.61 Å². The van der Waals surface area contributed by atoms with Crippen molar-refractivity contribution in [3.63, 3.8) is 0 Å². The summed E-state index contributed by atoms with van der Waals surface area (Å²) in [5.74, 6) is 0. The minimum Gasteiger partial charge on any atom is -0.390 e. The maximum Gasteiger partial charge on any atom is 0.0929 e. The molecule has 0 aliphatic rings. The van der Waals surface area contributed by atoms with E-state index in [1.54, 1.807) is 0 Å². The monoisotopic (exact) mass is 190 g/mol. The second-order valence-electron chi connectivity index (χ2n) is 3.44. The van der Waals surface area contributed by atoms with Crippen LogP contribution in [0.4, 0.5) is 0 Å². The minimum absolute atomic E-state index is 0.0490. The highest BCUT2D eigenvalue weighted by atomic mass is 16.3. The van der Waals surface area contributed by atoms with Crippen molar-refractivity contribution < 1.29 is 5.11 Å². The van der Waals surface area contributed by atoms with E-state index >= 15 is 0 Å². The van der Waals surface area contributed by atoms with Gasteiger partial charge in [0.2, 0.25) is 0 Å². The van der Waals surface area contributed by atoms with Gasteiger partial charge in [-0.25, -0.2) is 0 Å². The SMILES string of the molecule is CCn1nc2cc(C)ccc2c1CO. The van der Waals surface area contributed by atoms with Crippen LogP contribution < -0.4 is 0 Å². The average Bonchev–Trinajstić information content (AvgIpc) is 2.54. The molecule has 14 heavy (non-hydrogen) atoms. The molecule has 74 valence electrons. The van der Waals surface area contributed by atoms with Crippen LogP contribution in [0, 0.1) is 6.92 Å². The van der Waals surface area contributed by atoms with Crippen molar-refractivity contribution in [2.75, 3.05) is 0 Å². The van der Waals surface area contributed by atoms with Crippen LogP contribution in [-0.4, -0.2) is 14.9 Å². The first-order chi connectivity index (χ1) is 6.76. The van der Waals surface area contributed by atoms with Gasteiger partial charge >= 0.3 is 0 Å². The molecule has 0 bridgehead atoms. The van der Waals surface area contributed by atoms with Crippen molar-refractivity contribution in [3.05, 3.63) is 29.5 Å². The van der Waals surface area contributed by atoms with E-state index in [1.807, 2.05) is 36.7 Å². The number of rotatable bonds is 2. The van der Waals surface area contributed by atoms with Crippen LogP contribution in [-0.2, 0) is 13.2 Å². The number of aliphatic hydroxyl groups is 1. The number of aliphatic hydroxyl groups excluding tert-OH is 1. The molecular weight excluding hydrogens is 176 g/mol. The number of fused-ring (bicyclic) bond motifs is 1. The Labute approximate surface area is 83.0 Å². The molecule has 0 atom stereocenters. The predicted molar refractivity (Wildman–Crippen MR) is 56.1 cm³/mol. The van der Waals surface area contributed by atoms with Crippen LogP contribution in [0.3, 0.4) is 0 Å². The van der Waals surface area contributed by atoms with Crippen molar-refractivity contribution in [3.8, 4) is 0 Å². The number of hydrogen-bond acceptors (Lipinski definition) is 2. The molecule has 0 unspecified atom stereocenters. The van der Waals surface area contributed by atoms with E-state index in [0.29, 0.717) is 0 Å². The molecular formula is C11H14N2O. The van der Waals surface area contributed by atoms with Gasteiger partial charge in [-0.1, -0.05) is 12.1 Å². The second-order valence-corrected chi connectivity index (χ2v) is 3.44. The first-order valence-electron chi connectivity index (χ1n) is 4.83. The molecule has 0 radical (unpaired) electrons. The van der Waals surface area contributed by atoms with E-state index in [1.165, 1.54) is 5.56 Å².